The summed E-state index contributed by atoms with van der Waals surface area (Å²) in [7, 11) is -3.48. The summed E-state index contributed by atoms with van der Waals surface area (Å²) in [6, 6.07) is 9.06. The number of sulfone groups is 1. The number of aromatic nitrogens is 3. The average Bonchev–Trinajstić information content (AvgIpc) is 1.72. The molecule has 0 radical (unpaired) electrons. The minimum atomic E-state index is -3.48. The first-order valence-corrected chi connectivity index (χ1v) is 48.9. The number of ether oxygens (including phenoxy) is 1. The largest absolute Gasteiger partial charge is 0.481 e. The zero-order valence-corrected chi connectivity index (χ0v) is 83.6. The highest BCUT2D eigenvalue weighted by atomic mass is 35.5. The van der Waals surface area contributed by atoms with Gasteiger partial charge in [0.05, 0.1) is 67.3 Å². The zero-order valence-electron chi connectivity index (χ0n) is 82.0. The number of primary amides is 1. The van der Waals surface area contributed by atoms with E-state index in [0.29, 0.717) is 51.5 Å². The highest BCUT2D eigenvalue weighted by Gasteiger charge is 2.42. The van der Waals surface area contributed by atoms with Crippen LogP contribution >= 0.6 is 11.6 Å². The van der Waals surface area contributed by atoms with Gasteiger partial charge >= 0.3 is 29.8 Å². The Hall–Kier alpha value is -16.5. The number of carbonyl (C=O) groups excluding carboxylic acids is 16. The van der Waals surface area contributed by atoms with Crippen molar-refractivity contribution in [3.8, 4) is 11.1 Å². The van der Waals surface area contributed by atoms with Crippen LogP contribution in [0.3, 0.4) is 0 Å². The average molecular weight is 2120 g/mol. The molecule has 0 saturated carbocycles. The number of para-hydroxylation sites is 2. The number of aromatic amines is 1. The van der Waals surface area contributed by atoms with Crippen molar-refractivity contribution in [2.75, 3.05) is 54.9 Å². The number of ketones is 1. The number of hydrogen-bond donors (Lipinski definition) is 26. The number of nitrogen functional groups attached to an aromatic ring is 5. The number of aliphatic carboxylic acids is 4. The van der Waals surface area contributed by atoms with Crippen LogP contribution in [0, 0.1) is 5.92 Å². The number of unbranched alkanes of at least 4 members (excludes halogenated alkanes) is 6. The fourth-order valence-corrected chi connectivity index (χ4v) is 16.3. The molecular weight excluding hydrogens is 1990 g/mol. The van der Waals surface area contributed by atoms with Gasteiger partial charge in [0.15, 0.2) is 5.78 Å². The second-order valence-corrected chi connectivity index (χ2v) is 36.9. The van der Waals surface area contributed by atoms with Gasteiger partial charge in [-0.05, 0) is 142 Å². The summed E-state index contributed by atoms with van der Waals surface area (Å²) in [4.78, 5) is 285. The van der Waals surface area contributed by atoms with Crippen molar-refractivity contribution in [3.63, 3.8) is 0 Å². The maximum Gasteiger partial charge on any atom is 0.329 e. The van der Waals surface area contributed by atoms with Crippen LogP contribution in [0.15, 0.2) is 137 Å². The van der Waals surface area contributed by atoms with Crippen LogP contribution in [-0.2, 0) is 119 Å². The van der Waals surface area contributed by atoms with Crippen LogP contribution in [0.25, 0.3) is 22.0 Å². The molecule has 149 heavy (non-hydrogen) atoms. The summed E-state index contributed by atoms with van der Waals surface area (Å²) in [5, 5.41) is 79.3. The van der Waals surface area contributed by atoms with Crippen LogP contribution < -0.4 is 109 Å². The molecule has 0 unspecified atom stereocenters. The number of amides is 14. The lowest BCUT2D eigenvalue weighted by molar-refractivity contribution is -0.156. The van der Waals surface area contributed by atoms with Gasteiger partial charge in [-0.1, -0.05) is 113 Å². The van der Waals surface area contributed by atoms with Crippen molar-refractivity contribution in [2.24, 2.45) is 17.4 Å². The topological polar surface area (TPSA) is 866 Å². The van der Waals surface area contributed by atoms with Crippen molar-refractivity contribution in [3.05, 3.63) is 149 Å². The lowest BCUT2D eigenvalue weighted by atomic mass is 9.96. The third-order valence-electron chi connectivity index (χ3n) is 22.7. The molecule has 13 atom stereocenters. The molecule has 53 heteroatoms. The number of anilines is 5. The Morgan fingerprint density at radius 1 is 0.530 bits per heavy atom. The van der Waals surface area contributed by atoms with Crippen molar-refractivity contribution in [1.29, 1.82) is 0 Å². The molecule has 14 amide bonds. The van der Waals surface area contributed by atoms with Gasteiger partial charge in [-0.15, -0.1) is 0 Å². The summed E-state index contributed by atoms with van der Waals surface area (Å²) in [5.74, 6) is -29.1. The number of H-pyrrole nitrogens is 1. The number of benzene rings is 5. The zero-order chi connectivity index (χ0) is 111. The fourth-order valence-electron chi connectivity index (χ4n) is 14.9. The molecule has 5 aromatic carbocycles. The van der Waals surface area contributed by atoms with E-state index in [1.165, 1.54) is 48.5 Å². The fraction of sp³-hybridized carbons (Fsp3) is 0.417. The number of esters is 1. The van der Waals surface area contributed by atoms with Crippen LogP contribution in [0.2, 0.25) is 5.02 Å². The highest BCUT2D eigenvalue weighted by molar-refractivity contribution is 7.91. The van der Waals surface area contributed by atoms with E-state index in [2.05, 4.69) is 75.0 Å². The molecule has 1 saturated heterocycles. The van der Waals surface area contributed by atoms with Gasteiger partial charge < -0.3 is 145 Å². The first kappa shape index (κ1) is 121. The maximum absolute atomic E-state index is 14.8. The number of nitrogens with zero attached hydrogens (tertiary/aromatic N) is 2. The van der Waals surface area contributed by atoms with Crippen molar-refractivity contribution < 1.29 is 135 Å². The smallest absolute Gasteiger partial charge is 0.329 e. The predicted molar refractivity (Wildman–Crippen MR) is 538 cm³/mol. The van der Waals surface area contributed by atoms with E-state index in [1.54, 1.807) is 54.7 Å². The van der Waals surface area contributed by atoms with Gasteiger partial charge in [-0.25, -0.2) is 18.2 Å². The summed E-state index contributed by atoms with van der Waals surface area (Å²) < 4.78 is 30.0. The highest BCUT2D eigenvalue weighted by Crippen LogP contribution is 2.31. The number of halogens is 1. The monoisotopic (exact) mass is 2120 g/mol. The molecule has 2 aromatic heterocycles. The Morgan fingerprint density at radius 3 is 1.62 bits per heavy atom. The number of rotatable bonds is 39. The summed E-state index contributed by atoms with van der Waals surface area (Å²) in [6.45, 7) is 3.12. The number of aliphatic hydroxyl groups is 1. The Morgan fingerprint density at radius 2 is 1.05 bits per heavy atom. The first-order valence-electron chi connectivity index (χ1n) is 47.1. The molecule has 0 bridgehead atoms. The molecule has 7 aromatic rings. The van der Waals surface area contributed by atoms with Crippen LogP contribution in [0.1, 0.15) is 159 Å². The Kier molecular flexibility index (Phi) is 48.6. The van der Waals surface area contributed by atoms with Gasteiger partial charge in [-0.2, -0.15) is 4.98 Å². The van der Waals surface area contributed by atoms with E-state index < -0.39 is 271 Å². The van der Waals surface area contributed by atoms with Gasteiger partial charge in [0.25, 0.3) is 0 Å². The van der Waals surface area contributed by atoms with Crippen LogP contribution in [0.5, 0.6) is 0 Å². The molecule has 1 aliphatic heterocycles. The molecule has 0 spiro atoms. The van der Waals surface area contributed by atoms with Gasteiger partial charge in [0.1, 0.15) is 78.4 Å². The third kappa shape index (κ3) is 39.8. The number of Topliss-reactive ketones (excluding diaryl/α,β-unsaturated/α-hetero) is 1. The molecule has 1 fully saturated rings. The molecule has 1 aliphatic rings. The minimum absolute atomic E-state index is 0.0186. The molecule has 51 nitrogen and oxygen atoms in total. The second-order valence-electron chi connectivity index (χ2n) is 34.5. The van der Waals surface area contributed by atoms with Crippen LogP contribution in [-0.4, -0.2) is 266 Å². The summed E-state index contributed by atoms with van der Waals surface area (Å²) in [6.07, 6.45) is -1.59. The standard InChI is InChI=1S/C72H101N17O26.C12H13ClN4.C12H12N2O2S/c1-5-6-7-8-9-10-11-22-53(93)81-44(25-38-31-76-42-20-15-13-17-39(38)42)66(108)84-45(27-52(75)92)67(109)86-48(30-59(102)103)68(110)89-61-37(4)115-72(114)49(26-51(91)40-18-12-14-19-41(40)74)87-71(113)60(35(2)24-56(96)97)88-69(111)50(34-90)82-55(95)32-77-63(105)46(28-57(98)99)83-62(104)36(3)79-65(107)47(29-58(100)101)85-64(106)43(21-16-23-73)80-54(94)33-78-70(61)112;1-2-9-10(11(14)17-12(15)16-9)7-3-5-8(13)6-4-7;13-9-1-5-11(6-2-9)17(15,16)12-7-3-10(14)4-8-12/h12-15,17-20,31,35-37,43-50,60-61,76,90H,5-11,16,21-30,32-34,73-74H2,1-4H3,(H2,75,92)(H,77,105)(H,78,112)(H,79,107)(H,80,94)(H,81,93)(H,82,95)(H,83,104)(H,84,108)(H,85,106)(H,86,109)(H,87,113)(H,88,111)(H,89,110)(H,96,97)(H,98,99)(H,100,101)(H,102,103);3-6H,2H2,1H3,(H4,14,15,16,17);1-8H,13-14H2/t35-,36-,37-,43+,44+,45+,46+,47+,48+,49+,50-,60+,61+;;/m1../s1. The normalized spacial score (nSPS) is 18.8. The number of cyclic esters (lactones) is 1. The van der Waals surface area contributed by atoms with Crippen molar-refractivity contribution in [1.82, 2.24) is 84.1 Å². The first-order chi connectivity index (χ1) is 70.5. The molecule has 0 aliphatic carbocycles. The number of nitrogens with two attached hydrogens (primary N) is 7. The number of nitrogens with one attached hydrogen (secondary N) is 14. The minimum Gasteiger partial charge on any atom is -0.481 e. The van der Waals surface area contributed by atoms with E-state index in [1.807, 2.05) is 47.1 Å². The van der Waals surface area contributed by atoms with E-state index in [4.69, 9.17) is 56.5 Å². The molecule has 3 heterocycles. The lowest BCUT2D eigenvalue weighted by Crippen LogP contribution is -2.62. The Balaban J connectivity index is 0.000000824. The summed E-state index contributed by atoms with van der Waals surface area (Å²) >= 11 is 5.86. The molecular formula is C96H126ClN23O28S. The number of fused-ring (bicyclic) bond motifs is 1. The Bertz CT molecular complexity index is 6010. The predicted octanol–water partition coefficient (Wildman–Crippen LogP) is -1.41. The summed E-state index contributed by atoms with van der Waals surface area (Å²) in [5.41, 5.74) is 44.3. The second kappa shape index (κ2) is 59.8. The quantitative estimate of drug-likeness (QED) is 0.00910. The number of aryl methyl sites for hydroxylation is 1. The maximum atomic E-state index is 14.8. The van der Waals surface area contributed by atoms with E-state index >= 15 is 0 Å². The molecule has 33 N–H and O–H groups in total. The SMILES string of the molecule is CCCCCCCCCC(=O)N[C@@H](Cc1c[nH]c2ccccc12)C(=O)N[C@@H](CC(N)=O)C(=O)N[C@@H](CC(=O)O)C(=O)N[C@@H]1C(=O)NCC(=O)N[C@@H](CCCN)C(=O)N[C@@H](CC(=O)O)C(=O)N[C@H](C)C(=O)N[C@@H](CC(=O)O)C(=O)NCC(=O)N[C@H](CO)C(=O)N[C@@H]([C@H](C)CC(=O)O)C(=O)N[C@@H](CC(=O)c2ccccc2N)C(=O)O[C@@H]1C.CCc1nc(N)nc(N)c1-c1ccc(Cl)cc1.Nc1ccc(S(=O)(=O)c2ccc(N)cc2)cc1. The van der Waals surface area contributed by atoms with Crippen molar-refractivity contribution >= 4 is 179 Å². The van der Waals surface area contributed by atoms with Gasteiger partial charge in [-0.3, -0.25) is 91.1 Å². The third-order valence-corrected chi connectivity index (χ3v) is 24.8. The molecule has 8 rings (SSSR count). The van der Waals surface area contributed by atoms with E-state index in [-0.39, 0.29) is 52.8 Å². The number of hydrogen-bond acceptors (Lipinski definition) is 32. The number of carbonyl (C=O) groups is 20. The molecule has 806 valence electrons. The Labute approximate surface area is 859 Å². The van der Waals surface area contributed by atoms with Crippen LogP contribution in [0.4, 0.5) is 28.8 Å². The van der Waals surface area contributed by atoms with Gasteiger partial charge in [0, 0.05) is 69.6 Å². The number of carboxylic acids is 4. The van der Waals surface area contributed by atoms with Crippen molar-refractivity contribution in [2.45, 2.75) is 233 Å². The van der Waals surface area contributed by atoms with Gasteiger partial charge in [0.2, 0.25) is 98.5 Å². The lowest BCUT2D eigenvalue weighted by Gasteiger charge is -2.30. The van der Waals surface area contributed by atoms with E-state index in [0.717, 1.165) is 76.1 Å². The number of carboxylic acid groups (broad SMARTS) is 4. The number of aliphatic hydroxyl groups excluding tert-OH is 1. The van der Waals surface area contributed by atoms with E-state index in [9.17, 15) is 130 Å².